The van der Waals surface area contributed by atoms with Crippen molar-refractivity contribution in [1.29, 1.82) is 0 Å². The Balaban J connectivity index is 2.09. The molecule has 0 fully saturated rings. The number of alkyl halides is 3. The molecule has 160 valence electrons. The molecular weight excluding hydrogens is 401 g/mol. The number of benzene rings is 2. The SMILES string of the molecule is COc1cc(/C=C/C(=O)N(C)Cc2ccccc2C(F)(F)F)ccc1OCC(N)=O. The molecule has 0 atom stereocenters. The zero-order chi connectivity index (χ0) is 22.3. The minimum absolute atomic E-state index is 0.00636. The number of hydrogen-bond acceptors (Lipinski definition) is 4. The van der Waals surface area contributed by atoms with Crippen LogP contribution in [-0.2, 0) is 22.3 Å². The number of carbonyl (C=O) groups is 2. The second-order valence-electron chi connectivity index (χ2n) is 6.35. The van der Waals surface area contributed by atoms with E-state index in [-0.39, 0.29) is 18.7 Å². The van der Waals surface area contributed by atoms with Gasteiger partial charge < -0.3 is 20.1 Å². The summed E-state index contributed by atoms with van der Waals surface area (Å²) in [6.45, 7) is -0.504. The molecule has 0 bridgehead atoms. The molecule has 0 radical (unpaired) electrons. The number of likely N-dealkylation sites (N-methyl/N-ethyl adjacent to an activating group) is 1. The molecule has 6 nitrogen and oxygen atoms in total. The standard InChI is InChI=1S/C21H21F3N2O4/c1-26(12-15-5-3-4-6-16(15)21(22,23)24)20(28)10-8-14-7-9-17(18(11-14)29-2)30-13-19(25)27/h3-11H,12-13H2,1-2H3,(H2,25,27)/b10-8+. The average Bonchev–Trinajstić information content (AvgIpc) is 2.70. The largest absolute Gasteiger partial charge is 0.493 e. The Morgan fingerprint density at radius 2 is 1.83 bits per heavy atom. The maximum absolute atomic E-state index is 13.1. The maximum atomic E-state index is 13.1. The van der Waals surface area contributed by atoms with Gasteiger partial charge in [-0.2, -0.15) is 13.2 Å². The average molecular weight is 422 g/mol. The number of rotatable bonds is 8. The van der Waals surface area contributed by atoms with Crippen LogP contribution in [0.25, 0.3) is 6.08 Å². The van der Waals surface area contributed by atoms with Gasteiger partial charge in [0.25, 0.3) is 5.91 Å². The Bertz CT molecular complexity index is 942. The third-order valence-corrected chi connectivity index (χ3v) is 4.08. The Kier molecular flexibility index (Phi) is 7.46. The van der Waals surface area contributed by atoms with E-state index < -0.39 is 23.6 Å². The first-order valence-corrected chi connectivity index (χ1v) is 8.79. The number of hydrogen-bond donors (Lipinski definition) is 1. The van der Waals surface area contributed by atoms with Crippen LogP contribution >= 0.6 is 0 Å². The fourth-order valence-electron chi connectivity index (χ4n) is 2.62. The number of primary amides is 1. The molecule has 0 aliphatic rings. The fourth-order valence-corrected chi connectivity index (χ4v) is 2.62. The summed E-state index contributed by atoms with van der Waals surface area (Å²) in [5.41, 5.74) is 4.87. The lowest BCUT2D eigenvalue weighted by Gasteiger charge is -2.19. The van der Waals surface area contributed by atoms with Crippen molar-refractivity contribution < 1.29 is 32.2 Å². The smallest absolute Gasteiger partial charge is 0.416 e. The minimum atomic E-state index is -4.49. The molecule has 2 amide bonds. The summed E-state index contributed by atoms with van der Waals surface area (Å²) in [5, 5.41) is 0. The van der Waals surface area contributed by atoms with Gasteiger partial charge in [0.05, 0.1) is 12.7 Å². The molecule has 2 N–H and O–H groups in total. The van der Waals surface area contributed by atoms with Gasteiger partial charge in [0, 0.05) is 19.7 Å². The topological polar surface area (TPSA) is 81.9 Å². The molecule has 0 saturated heterocycles. The van der Waals surface area contributed by atoms with Crippen molar-refractivity contribution in [1.82, 2.24) is 4.90 Å². The Labute approximate surface area is 171 Å². The van der Waals surface area contributed by atoms with Crippen LogP contribution in [0.2, 0.25) is 0 Å². The van der Waals surface area contributed by atoms with Crippen molar-refractivity contribution in [2.24, 2.45) is 5.73 Å². The third-order valence-electron chi connectivity index (χ3n) is 4.08. The lowest BCUT2D eigenvalue weighted by molar-refractivity contribution is -0.139. The summed E-state index contributed by atoms with van der Waals surface area (Å²) in [4.78, 5) is 24.3. The molecular formula is C21H21F3N2O4. The Morgan fingerprint density at radius 1 is 1.13 bits per heavy atom. The summed E-state index contributed by atoms with van der Waals surface area (Å²) in [6, 6.07) is 9.88. The molecule has 2 rings (SSSR count). The van der Waals surface area contributed by atoms with E-state index in [0.717, 1.165) is 6.07 Å². The fraction of sp³-hybridized carbons (Fsp3) is 0.238. The second kappa shape index (κ2) is 9.82. The van der Waals surface area contributed by atoms with Gasteiger partial charge in [-0.3, -0.25) is 9.59 Å². The van der Waals surface area contributed by atoms with Crippen molar-refractivity contribution >= 4 is 17.9 Å². The number of nitrogens with zero attached hydrogens (tertiary/aromatic N) is 1. The highest BCUT2D eigenvalue weighted by Gasteiger charge is 2.33. The molecule has 2 aromatic rings. The highest BCUT2D eigenvalue weighted by Crippen LogP contribution is 2.32. The Morgan fingerprint density at radius 3 is 2.47 bits per heavy atom. The molecule has 0 unspecified atom stereocenters. The zero-order valence-electron chi connectivity index (χ0n) is 16.4. The van der Waals surface area contributed by atoms with Gasteiger partial charge >= 0.3 is 6.18 Å². The van der Waals surface area contributed by atoms with Gasteiger partial charge in [0.15, 0.2) is 18.1 Å². The number of ether oxygens (including phenoxy) is 2. The van der Waals surface area contributed by atoms with Crippen molar-refractivity contribution in [2.75, 3.05) is 20.8 Å². The van der Waals surface area contributed by atoms with E-state index in [0.29, 0.717) is 17.1 Å². The summed E-state index contributed by atoms with van der Waals surface area (Å²) in [7, 11) is 2.83. The van der Waals surface area contributed by atoms with Crippen LogP contribution < -0.4 is 15.2 Å². The molecule has 0 saturated carbocycles. The van der Waals surface area contributed by atoms with Gasteiger partial charge in [0.1, 0.15) is 0 Å². The van der Waals surface area contributed by atoms with Crippen LogP contribution in [0.1, 0.15) is 16.7 Å². The second-order valence-corrected chi connectivity index (χ2v) is 6.35. The van der Waals surface area contributed by atoms with E-state index in [1.165, 1.54) is 49.4 Å². The summed E-state index contributed by atoms with van der Waals surface area (Å²) in [6.07, 6.45) is -1.75. The summed E-state index contributed by atoms with van der Waals surface area (Å²) >= 11 is 0. The number of amides is 2. The normalized spacial score (nSPS) is 11.4. The minimum Gasteiger partial charge on any atom is -0.493 e. The Hall–Kier alpha value is -3.49. The number of halogens is 3. The van der Waals surface area contributed by atoms with E-state index in [2.05, 4.69) is 0 Å². The van der Waals surface area contributed by atoms with Crippen LogP contribution in [0.15, 0.2) is 48.5 Å². The number of nitrogens with two attached hydrogens (primary N) is 1. The van der Waals surface area contributed by atoms with Crippen molar-refractivity contribution in [2.45, 2.75) is 12.7 Å². The first-order valence-electron chi connectivity index (χ1n) is 8.79. The predicted molar refractivity (Wildman–Crippen MR) is 105 cm³/mol. The van der Waals surface area contributed by atoms with Crippen LogP contribution in [0.3, 0.4) is 0 Å². The lowest BCUT2D eigenvalue weighted by atomic mass is 10.1. The van der Waals surface area contributed by atoms with Gasteiger partial charge in [-0.25, -0.2) is 0 Å². The van der Waals surface area contributed by atoms with Crippen molar-refractivity contribution in [3.8, 4) is 11.5 Å². The summed E-state index contributed by atoms with van der Waals surface area (Å²) < 4.78 is 49.7. The van der Waals surface area contributed by atoms with Gasteiger partial charge in [-0.1, -0.05) is 24.3 Å². The molecule has 2 aromatic carbocycles. The van der Waals surface area contributed by atoms with Gasteiger partial charge in [-0.05, 0) is 35.4 Å². The monoisotopic (exact) mass is 422 g/mol. The highest BCUT2D eigenvalue weighted by molar-refractivity contribution is 5.91. The molecule has 0 aliphatic carbocycles. The molecule has 9 heteroatoms. The molecule has 0 aromatic heterocycles. The first kappa shape index (κ1) is 22.8. The van der Waals surface area contributed by atoms with Crippen molar-refractivity contribution in [3.05, 3.63) is 65.2 Å². The van der Waals surface area contributed by atoms with E-state index in [9.17, 15) is 22.8 Å². The van der Waals surface area contributed by atoms with E-state index in [4.69, 9.17) is 15.2 Å². The predicted octanol–water partition coefficient (Wildman–Crippen LogP) is 3.25. The van der Waals surface area contributed by atoms with Gasteiger partial charge in [0.2, 0.25) is 5.91 Å². The zero-order valence-corrected chi connectivity index (χ0v) is 16.4. The molecule has 0 heterocycles. The molecule has 0 aliphatic heterocycles. The van der Waals surface area contributed by atoms with E-state index in [1.807, 2.05) is 0 Å². The highest BCUT2D eigenvalue weighted by atomic mass is 19.4. The van der Waals surface area contributed by atoms with Crippen LogP contribution in [0.4, 0.5) is 13.2 Å². The van der Waals surface area contributed by atoms with Crippen LogP contribution in [0.5, 0.6) is 11.5 Å². The number of carbonyl (C=O) groups excluding carboxylic acids is 2. The maximum Gasteiger partial charge on any atom is 0.416 e. The quantitative estimate of drug-likeness (QED) is 0.662. The third kappa shape index (κ3) is 6.26. The number of methoxy groups -OCH3 is 1. The van der Waals surface area contributed by atoms with Gasteiger partial charge in [-0.15, -0.1) is 0 Å². The van der Waals surface area contributed by atoms with Crippen LogP contribution in [-0.4, -0.2) is 37.5 Å². The summed E-state index contributed by atoms with van der Waals surface area (Å²) in [5.74, 6) is -0.472. The van der Waals surface area contributed by atoms with Crippen molar-refractivity contribution in [3.63, 3.8) is 0 Å². The molecule has 0 spiro atoms. The molecule has 30 heavy (non-hydrogen) atoms. The van der Waals surface area contributed by atoms with E-state index >= 15 is 0 Å². The lowest BCUT2D eigenvalue weighted by Crippen LogP contribution is -2.25. The van der Waals surface area contributed by atoms with E-state index in [1.54, 1.807) is 18.2 Å². The first-order chi connectivity index (χ1) is 14.1. The van der Waals surface area contributed by atoms with Crippen LogP contribution in [0, 0.1) is 0 Å².